The Hall–Kier alpha value is -1.51. The summed E-state index contributed by atoms with van der Waals surface area (Å²) in [6.07, 6.45) is 4.99. The van der Waals surface area contributed by atoms with E-state index in [4.69, 9.17) is 4.74 Å². The summed E-state index contributed by atoms with van der Waals surface area (Å²) in [5.74, 6) is 1.80. The lowest BCUT2D eigenvalue weighted by atomic mass is 9.91. The predicted molar refractivity (Wildman–Crippen MR) is 74.6 cm³/mol. The highest BCUT2D eigenvalue weighted by Crippen LogP contribution is 2.43. The Balaban J connectivity index is 1.75. The molecule has 3 nitrogen and oxygen atoms in total. The summed E-state index contributed by atoms with van der Waals surface area (Å²) in [7, 11) is 0. The van der Waals surface area contributed by atoms with E-state index < -0.39 is 0 Å². The number of hydrogen-bond acceptors (Lipinski definition) is 2. The molecule has 0 bridgehead atoms. The molecule has 2 aliphatic rings. The fraction of sp³-hybridized carbons (Fsp3) is 0.562. The largest absolute Gasteiger partial charge is 0.493 e. The maximum Gasteiger partial charge on any atom is 0.220 e. The van der Waals surface area contributed by atoms with Crippen molar-refractivity contribution in [1.29, 1.82) is 0 Å². The van der Waals surface area contributed by atoms with E-state index in [2.05, 4.69) is 17.4 Å². The van der Waals surface area contributed by atoms with E-state index in [0.29, 0.717) is 12.3 Å². The van der Waals surface area contributed by atoms with Crippen molar-refractivity contribution < 1.29 is 9.53 Å². The Kier molecular flexibility index (Phi) is 3.45. The normalized spacial score (nSPS) is 19.7. The average molecular weight is 259 g/mol. The van der Waals surface area contributed by atoms with Gasteiger partial charge >= 0.3 is 0 Å². The molecular weight excluding hydrogens is 238 g/mol. The zero-order chi connectivity index (χ0) is 13.2. The quantitative estimate of drug-likeness (QED) is 0.902. The van der Waals surface area contributed by atoms with Crippen molar-refractivity contribution in [1.82, 2.24) is 5.32 Å². The van der Waals surface area contributed by atoms with Gasteiger partial charge in [-0.15, -0.1) is 0 Å². The maximum absolute atomic E-state index is 11.6. The first-order chi connectivity index (χ1) is 9.29. The third kappa shape index (κ3) is 2.34. The fourth-order valence-corrected chi connectivity index (χ4v) is 3.43. The monoisotopic (exact) mass is 259 g/mol. The van der Waals surface area contributed by atoms with E-state index in [0.717, 1.165) is 38.2 Å². The van der Waals surface area contributed by atoms with Crippen molar-refractivity contribution in [3.8, 4) is 5.75 Å². The number of benzene rings is 1. The lowest BCUT2D eigenvalue weighted by molar-refractivity contribution is -0.121. The summed E-state index contributed by atoms with van der Waals surface area (Å²) < 4.78 is 5.66. The smallest absolute Gasteiger partial charge is 0.220 e. The molecule has 3 heteroatoms. The molecule has 102 valence electrons. The van der Waals surface area contributed by atoms with Crippen molar-refractivity contribution in [3.05, 3.63) is 28.8 Å². The minimum atomic E-state index is 0.180. The van der Waals surface area contributed by atoms with E-state index in [9.17, 15) is 4.79 Å². The van der Waals surface area contributed by atoms with Crippen LogP contribution in [0.5, 0.6) is 5.75 Å². The van der Waals surface area contributed by atoms with Gasteiger partial charge in [0.25, 0.3) is 0 Å². The number of fused-ring (bicyclic) bond motifs is 3. The number of rotatable bonds is 4. The predicted octanol–water partition coefficient (Wildman–Crippen LogP) is 2.57. The number of carbonyl (C=O) groups excluding carboxylic acids is 1. The minimum absolute atomic E-state index is 0.180. The SMILES string of the molecule is CCNC(=O)CC[C@@H]1CCc2ccc3c(c21)CCO3. The molecule has 1 aliphatic heterocycles. The van der Waals surface area contributed by atoms with Crippen molar-refractivity contribution in [2.75, 3.05) is 13.2 Å². The summed E-state index contributed by atoms with van der Waals surface area (Å²) in [6.45, 7) is 3.51. The molecule has 1 aromatic rings. The van der Waals surface area contributed by atoms with E-state index >= 15 is 0 Å². The minimum Gasteiger partial charge on any atom is -0.493 e. The van der Waals surface area contributed by atoms with Gasteiger partial charge in [-0.3, -0.25) is 4.79 Å². The fourth-order valence-electron chi connectivity index (χ4n) is 3.43. The van der Waals surface area contributed by atoms with Crippen LogP contribution in [0.4, 0.5) is 0 Å². The van der Waals surface area contributed by atoms with Gasteiger partial charge in [0.1, 0.15) is 5.75 Å². The summed E-state index contributed by atoms with van der Waals surface area (Å²) in [5, 5.41) is 2.88. The number of amides is 1. The van der Waals surface area contributed by atoms with Crippen molar-refractivity contribution in [2.24, 2.45) is 0 Å². The lowest BCUT2D eigenvalue weighted by Gasteiger charge is -2.14. The Morgan fingerprint density at radius 3 is 3.16 bits per heavy atom. The van der Waals surface area contributed by atoms with Crippen LogP contribution in [0.1, 0.15) is 48.8 Å². The molecule has 0 saturated heterocycles. The first-order valence-corrected chi connectivity index (χ1v) is 7.33. The lowest BCUT2D eigenvalue weighted by Crippen LogP contribution is -2.22. The Labute approximate surface area is 114 Å². The van der Waals surface area contributed by atoms with Gasteiger partial charge in [0, 0.05) is 24.9 Å². The zero-order valence-electron chi connectivity index (χ0n) is 11.5. The molecule has 1 amide bonds. The van der Waals surface area contributed by atoms with Crippen LogP contribution in [-0.2, 0) is 17.6 Å². The van der Waals surface area contributed by atoms with Gasteiger partial charge in [0.2, 0.25) is 5.91 Å². The van der Waals surface area contributed by atoms with Crippen LogP contribution in [0.2, 0.25) is 0 Å². The summed E-state index contributed by atoms with van der Waals surface area (Å²) >= 11 is 0. The van der Waals surface area contributed by atoms with Crippen molar-refractivity contribution >= 4 is 5.91 Å². The standard InChI is InChI=1S/C16H21NO2/c1-2-17-15(18)8-6-12-4-3-11-5-7-14-13(16(11)12)9-10-19-14/h5,7,12H,2-4,6,8-10H2,1H3,(H,17,18)/t12-/m0/s1. The van der Waals surface area contributed by atoms with Gasteiger partial charge in [0.05, 0.1) is 6.61 Å². The summed E-state index contributed by atoms with van der Waals surface area (Å²) in [6, 6.07) is 4.33. The summed E-state index contributed by atoms with van der Waals surface area (Å²) in [4.78, 5) is 11.6. The van der Waals surface area contributed by atoms with Gasteiger partial charge in [-0.25, -0.2) is 0 Å². The average Bonchev–Trinajstić information content (AvgIpc) is 3.02. The summed E-state index contributed by atoms with van der Waals surface area (Å²) in [5.41, 5.74) is 4.39. The number of aryl methyl sites for hydroxylation is 1. The highest BCUT2D eigenvalue weighted by molar-refractivity contribution is 5.75. The van der Waals surface area contributed by atoms with Crippen molar-refractivity contribution in [3.63, 3.8) is 0 Å². The first kappa shape index (κ1) is 12.5. The molecule has 1 aromatic carbocycles. The molecule has 1 N–H and O–H groups in total. The topological polar surface area (TPSA) is 38.3 Å². The van der Waals surface area contributed by atoms with Gasteiger partial charge in [-0.1, -0.05) is 6.07 Å². The number of nitrogens with one attached hydrogen (secondary N) is 1. The van der Waals surface area contributed by atoms with Crippen molar-refractivity contribution in [2.45, 2.75) is 44.9 Å². The molecular formula is C16H21NO2. The van der Waals surface area contributed by atoms with Gasteiger partial charge < -0.3 is 10.1 Å². The molecule has 0 aromatic heterocycles. The molecule has 0 radical (unpaired) electrons. The van der Waals surface area contributed by atoms with Crippen LogP contribution in [-0.4, -0.2) is 19.1 Å². The molecule has 1 heterocycles. The second-order valence-electron chi connectivity index (χ2n) is 5.44. The number of hydrogen-bond donors (Lipinski definition) is 1. The van der Waals surface area contributed by atoms with Crippen LogP contribution in [0.3, 0.4) is 0 Å². The van der Waals surface area contributed by atoms with E-state index in [-0.39, 0.29) is 5.91 Å². The third-order valence-corrected chi connectivity index (χ3v) is 4.28. The van der Waals surface area contributed by atoms with Gasteiger partial charge in [0.15, 0.2) is 0 Å². The molecule has 1 aliphatic carbocycles. The van der Waals surface area contributed by atoms with Gasteiger partial charge in [-0.05, 0) is 49.3 Å². The molecule has 3 rings (SSSR count). The zero-order valence-corrected chi connectivity index (χ0v) is 11.5. The van der Waals surface area contributed by atoms with Crippen LogP contribution in [0.25, 0.3) is 0 Å². The maximum atomic E-state index is 11.6. The highest BCUT2D eigenvalue weighted by Gasteiger charge is 2.29. The second-order valence-corrected chi connectivity index (χ2v) is 5.44. The molecule has 19 heavy (non-hydrogen) atoms. The number of carbonyl (C=O) groups is 1. The Morgan fingerprint density at radius 1 is 1.42 bits per heavy atom. The van der Waals surface area contributed by atoms with E-state index in [1.54, 1.807) is 0 Å². The molecule has 0 saturated carbocycles. The molecule has 0 unspecified atom stereocenters. The molecule has 0 spiro atoms. The van der Waals surface area contributed by atoms with E-state index in [1.807, 2.05) is 6.92 Å². The van der Waals surface area contributed by atoms with Crippen LogP contribution in [0.15, 0.2) is 12.1 Å². The Morgan fingerprint density at radius 2 is 2.32 bits per heavy atom. The van der Waals surface area contributed by atoms with Crippen LogP contribution < -0.4 is 10.1 Å². The number of ether oxygens (including phenoxy) is 1. The highest BCUT2D eigenvalue weighted by atomic mass is 16.5. The van der Waals surface area contributed by atoms with E-state index in [1.165, 1.54) is 23.1 Å². The Bertz CT molecular complexity index is 496. The molecule has 0 fully saturated rings. The van der Waals surface area contributed by atoms with Crippen LogP contribution >= 0.6 is 0 Å². The van der Waals surface area contributed by atoms with Gasteiger partial charge in [-0.2, -0.15) is 0 Å². The molecule has 1 atom stereocenters. The first-order valence-electron chi connectivity index (χ1n) is 7.33. The third-order valence-electron chi connectivity index (χ3n) is 4.28. The van der Waals surface area contributed by atoms with Crippen LogP contribution in [0, 0.1) is 0 Å². The second kappa shape index (κ2) is 5.24.